The van der Waals surface area contributed by atoms with Gasteiger partial charge in [-0.25, -0.2) is 0 Å². The van der Waals surface area contributed by atoms with E-state index in [2.05, 4.69) is 79.1 Å². The molecule has 0 radical (unpaired) electrons. The molecule has 4 nitrogen and oxygen atoms in total. The smallest absolute Gasteiger partial charge is 0.0639 e. The maximum Gasteiger partial charge on any atom is 0.0639 e. The van der Waals surface area contributed by atoms with Gasteiger partial charge < -0.3 is 21.1 Å². The highest BCUT2D eigenvalue weighted by Crippen LogP contribution is 2.36. The van der Waals surface area contributed by atoms with Crippen LogP contribution in [0.5, 0.6) is 0 Å². The maximum atomic E-state index is 3.55. The fourth-order valence-corrected chi connectivity index (χ4v) is 3.55. The van der Waals surface area contributed by atoms with Crippen molar-refractivity contribution < 1.29 is 0 Å². The van der Waals surface area contributed by atoms with E-state index in [0.29, 0.717) is 0 Å². The zero-order valence-electron chi connectivity index (χ0n) is 17.4. The van der Waals surface area contributed by atoms with Gasteiger partial charge in [-0.1, -0.05) is 31.6 Å². The Hall–Kier alpha value is -1.62. The molecule has 0 amide bonds. The largest absolute Gasteiger partial charge is 0.384 e. The van der Waals surface area contributed by atoms with Crippen molar-refractivity contribution in [1.82, 2.24) is 10.3 Å². The van der Waals surface area contributed by atoms with Gasteiger partial charge in [0.2, 0.25) is 0 Å². The molecule has 0 atom stereocenters. The van der Waals surface area contributed by atoms with Gasteiger partial charge in [-0.2, -0.15) is 0 Å². The van der Waals surface area contributed by atoms with Crippen molar-refractivity contribution >= 4 is 41.8 Å². The molecule has 0 spiro atoms. The molecular weight excluding hydrogens is 391 g/mol. The lowest BCUT2D eigenvalue weighted by Gasteiger charge is -2.27. The summed E-state index contributed by atoms with van der Waals surface area (Å²) >= 11 is 0. The van der Waals surface area contributed by atoms with Crippen LogP contribution in [0.25, 0.3) is 5.57 Å². The van der Waals surface area contributed by atoms with Gasteiger partial charge in [0.25, 0.3) is 0 Å². The molecule has 156 valence electrons. The molecule has 1 aromatic carbocycles. The van der Waals surface area contributed by atoms with Crippen LogP contribution >= 0.6 is 24.8 Å². The summed E-state index contributed by atoms with van der Waals surface area (Å²) in [5.74, 6) is 0. The first kappa shape index (κ1) is 24.4. The third kappa shape index (κ3) is 5.69. The summed E-state index contributed by atoms with van der Waals surface area (Å²) < 4.78 is 0. The van der Waals surface area contributed by atoms with Gasteiger partial charge in [-0.15, -0.1) is 24.8 Å². The molecule has 6 heteroatoms. The first-order chi connectivity index (χ1) is 12.6. The molecule has 1 aliphatic heterocycles. The number of benzene rings is 1. The second-order valence-corrected chi connectivity index (χ2v) is 7.11. The van der Waals surface area contributed by atoms with Crippen molar-refractivity contribution in [1.29, 1.82) is 0 Å². The Bertz CT molecular complexity index is 749. The van der Waals surface area contributed by atoms with Crippen molar-refractivity contribution in [3.05, 3.63) is 52.8 Å². The molecule has 28 heavy (non-hydrogen) atoms. The molecular formula is C22H34Cl2N4. The topological polar surface area (TPSA) is 39.3 Å². The van der Waals surface area contributed by atoms with Gasteiger partial charge in [0, 0.05) is 35.6 Å². The van der Waals surface area contributed by atoms with Crippen molar-refractivity contribution in [2.24, 2.45) is 0 Å². The second-order valence-electron chi connectivity index (χ2n) is 7.11. The van der Waals surface area contributed by atoms with Crippen LogP contribution in [0.1, 0.15) is 46.1 Å². The standard InChI is InChI=1S/C22H32N4.2ClH/c1-5-26(6-2)13-12-23-18-10-11-19-20-14-17(4)16(3)8-7-9-21(20)24-25-22(19)15-18;;/h8,10-11,14-15,23-25H,5-7,9,12-13H2,1-4H3;2*1H/b16-8-,17-14-;;. The highest BCUT2D eigenvalue weighted by Gasteiger charge is 2.18. The van der Waals surface area contributed by atoms with E-state index in [-0.39, 0.29) is 24.8 Å². The highest BCUT2D eigenvalue weighted by molar-refractivity contribution is 5.88. The number of nitrogens with one attached hydrogen (secondary N) is 3. The third-order valence-corrected chi connectivity index (χ3v) is 5.46. The van der Waals surface area contributed by atoms with Crippen LogP contribution < -0.4 is 16.2 Å². The van der Waals surface area contributed by atoms with E-state index in [4.69, 9.17) is 0 Å². The van der Waals surface area contributed by atoms with Crippen LogP contribution in [-0.2, 0) is 0 Å². The lowest BCUT2D eigenvalue weighted by atomic mass is 9.92. The molecule has 0 fully saturated rings. The molecule has 0 unspecified atom stereocenters. The molecule has 1 aliphatic carbocycles. The quantitative estimate of drug-likeness (QED) is 0.554. The monoisotopic (exact) mass is 424 g/mol. The number of allylic oxidation sites excluding steroid dienone is 6. The maximum absolute atomic E-state index is 3.55. The summed E-state index contributed by atoms with van der Waals surface area (Å²) in [6.45, 7) is 13.1. The molecule has 3 rings (SSSR count). The summed E-state index contributed by atoms with van der Waals surface area (Å²) in [6.07, 6.45) is 6.76. The van der Waals surface area contributed by atoms with Crippen molar-refractivity contribution in [2.75, 3.05) is 36.9 Å². The fraction of sp³-hybridized carbons (Fsp3) is 0.455. The summed E-state index contributed by atoms with van der Waals surface area (Å²) in [5, 5.41) is 3.55. The van der Waals surface area contributed by atoms with E-state index in [1.54, 1.807) is 0 Å². The molecule has 0 saturated carbocycles. The molecule has 3 N–H and O–H groups in total. The van der Waals surface area contributed by atoms with E-state index in [1.807, 2.05) is 0 Å². The van der Waals surface area contributed by atoms with Crippen molar-refractivity contribution in [3.63, 3.8) is 0 Å². The molecule has 0 saturated heterocycles. The predicted octanol–water partition coefficient (Wildman–Crippen LogP) is 5.61. The Balaban J connectivity index is 0.00000196. The van der Waals surface area contributed by atoms with E-state index in [1.165, 1.54) is 28.0 Å². The summed E-state index contributed by atoms with van der Waals surface area (Å²) in [4.78, 5) is 2.43. The van der Waals surface area contributed by atoms with Gasteiger partial charge in [0.1, 0.15) is 0 Å². The summed E-state index contributed by atoms with van der Waals surface area (Å²) in [7, 11) is 0. The van der Waals surface area contributed by atoms with E-state index in [9.17, 15) is 0 Å². The Labute approximate surface area is 182 Å². The van der Waals surface area contributed by atoms with Crippen LogP contribution in [0.15, 0.2) is 47.2 Å². The minimum Gasteiger partial charge on any atom is -0.384 e. The van der Waals surface area contributed by atoms with E-state index in [0.717, 1.165) is 50.4 Å². The SMILES string of the molecule is CCN(CC)CCNc1ccc2c(c1)NNC1=C2/C=C(C)\C(C)=C/CC1.Cl.Cl. The molecule has 1 aromatic rings. The second kappa shape index (κ2) is 11.4. The number of hydrazine groups is 1. The number of anilines is 2. The zero-order valence-corrected chi connectivity index (χ0v) is 19.0. The lowest BCUT2D eigenvalue weighted by molar-refractivity contribution is 0.316. The Morgan fingerprint density at radius 1 is 1.04 bits per heavy atom. The number of rotatable bonds is 6. The molecule has 1 heterocycles. The summed E-state index contributed by atoms with van der Waals surface area (Å²) in [6, 6.07) is 6.64. The van der Waals surface area contributed by atoms with Crippen LogP contribution in [0, 0.1) is 0 Å². The van der Waals surface area contributed by atoms with Crippen LogP contribution in [0.4, 0.5) is 11.4 Å². The van der Waals surface area contributed by atoms with Gasteiger partial charge in [-0.3, -0.25) is 0 Å². The number of likely N-dealkylation sites (N-methyl/N-ethyl adjacent to an activating group) is 1. The Morgan fingerprint density at radius 3 is 2.50 bits per heavy atom. The third-order valence-electron chi connectivity index (χ3n) is 5.46. The highest BCUT2D eigenvalue weighted by atomic mass is 35.5. The molecule has 0 bridgehead atoms. The van der Waals surface area contributed by atoms with Crippen LogP contribution in [0.2, 0.25) is 0 Å². The average molecular weight is 425 g/mol. The number of halogens is 2. The molecule has 2 aliphatic rings. The Morgan fingerprint density at radius 2 is 1.79 bits per heavy atom. The van der Waals surface area contributed by atoms with Gasteiger partial charge in [0.05, 0.1) is 5.69 Å². The van der Waals surface area contributed by atoms with Gasteiger partial charge >= 0.3 is 0 Å². The minimum atomic E-state index is 0. The molecule has 0 aromatic heterocycles. The van der Waals surface area contributed by atoms with Crippen molar-refractivity contribution in [2.45, 2.75) is 40.5 Å². The first-order valence-corrected chi connectivity index (χ1v) is 9.83. The number of hydrogen-bond acceptors (Lipinski definition) is 4. The first-order valence-electron chi connectivity index (χ1n) is 9.83. The number of hydrogen-bond donors (Lipinski definition) is 3. The number of nitrogens with zero attached hydrogens (tertiary/aromatic N) is 1. The number of fused-ring (bicyclic) bond motifs is 2. The van der Waals surface area contributed by atoms with Gasteiger partial charge in [-0.05, 0) is 63.6 Å². The normalized spacial score (nSPS) is 19.0. The lowest BCUT2D eigenvalue weighted by Crippen LogP contribution is -2.29. The van der Waals surface area contributed by atoms with Gasteiger partial charge in [0.15, 0.2) is 0 Å². The average Bonchev–Trinajstić information content (AvgIpc) is 2.65. The Kier molecular flexibility index (Phi) is 9.94. The van der Waals surface area contributed by atoms with Crippen LogP contribution in [0.3, 0.4) is 0 Å². The van der Waals surface area contributed by atoms with Crippen molar-refractivity contribution in [3.8, 4) is 0 Å². The zero-order chi connectivity index (χ0) is 18.5. The summed E-state index contributed by atoms with van der Waals surface area (Å²) in [5.41, 5.74) is 15.7. The van der Waals surface area contributed by atoms with E-state index >= 15 is 0 Å². The van der Waals surface area contributed by atoms with E-state index < -0.39 is 0 Å². The predicted molar refractivity (Wildman–Crippen MR) is 128 cm³/mol. The van der Waals surface area contributed by atoms with Crippen LogP contribution in [-0.4, -0.2) is 31.1 Å². The fourth-order valence-electron chi connectivity index (χ4n) is 3.55. The minimum absolute atomic E-state index is 0.